The number of nitrogens with two attached hydrogens (primary N) is 1. The molecule has 4 N–H and O–H groups in total. The fourth-order valence-corrected chi connectivity index (χ4v) is 4.88. The van der Waals surface area contributed by atoms with Crippen molar-refractivity contribution in [2.45, 2.75) is 87.2 Å². The summed E-state index contributed by atoms with van der Waals surface area (Å²) in [6.07, 6.45) is 7.22. The molecule has 1 aromatic heterocycles. The number of hydrogen-bond donors (Lipinski definition) is 3. The van der Waals surface area contributed by atoms with Crippen molar-refractivity contribution in [2.75, 3.05) is 6.54 Å². The standard InChI is InChI=1S/C24H33N5O2/c1-15(25)21(30)27-18-9-7-17(8-10-18)22-28-23(29-31-22)24(11-12-24)14-26-20-13-19(20)16-5-3-2-4-6-16/h2-6,15,17-20,26H,7-14,25H2,1H3,(H,27,30)/t15-,17-,18-,19-,20+/m0/s1. The second kappa shape index (κ2) is 8.36. The minimum atomic E-state index is -0.460. The van der Waals surface area contributed by atoms with Crippen molar-refractivity contribution < 1.29 is 9.32 Å². The molecule has 1 amide bonds. The monoisotopic (exact) mass is 423 g/mol. The van der Waals surface area contributed by atoms with Gasteiger partial charge < -0.3 is 20.9 Å². The molecule has 0 spiro atoms. The molecule has 0 bridgehead atoms. The van der Waals surface area contributed by atoms with Crippen LogP contribution in [0.5, 0.6) is 0 Å². The van der Waals surface area contributed by atoms with Gasteiger partial charge in [-0.15, -0.1) is 0 Å². The van der Waals surface area contributed by atoms with Crippen LogP contribution in [0.15, 0.2) is 34.9 Å². The SMILES string of the molecule is C[C@H](N)C(=O)N[C@H]1CC[C@H](c2nc(C3(CN[C@@H]4C[C@H]4c4ccccc4)CC3)no2)CC1. The first-order chi connectivity index (χ1) is 15.0. The maximum absolute atomic E-state index is 11.8. The van der Waals surface area contributed by atoms with Gasteiger partial charge in [-0.2, -0.15) is 4.98 Å². The third-order valence-corrected chi connectivity index (χ3v) is 7.33. The molecule has 7 nitrogen and oxygen atoms in total. The van der Waals surface area contributed by atoms with Gasteiger partial charge in [-0.1, -0.05) is 35.5 Å². The Balaban J connectivity index is 1.12. The molecule has 1 aromatic carbocycles. The highest BCUT2D eigenvalue weighted by molar-refractivity contribution is 5.81. The summed E-state index contributed by atoms with van der Waals surface area (Å²) in [6, 6.07) is 11.1. The van der Waals surface area contributed by atoms with Crippen molar-refractivity contribution in [1.82, 2.24) is 20.8 Å². The Bertz CT molecular complexity index is 900. The third kappa shape index (κ3) is 4.53. The summed E-state index contributed by atoms with van der Waals surface area (Å²) in [7, 11) is 0. The lowest BCUT2D eigenvalue weighted by Crippen LogP contribution is -2.45. The fourth-order valence-electron chi connectivity index (χ4n) is 4.88. The Labute approximate surface area is 183 Å². The molecular formula is C24H33N5O2. The van der Waals surface area contributed by atoms with E-state index in [1.165, 1.54) is 12.0 Å². The largest absolute Gasteiger partial charge is 0.352 e. The Morgan fingerprint density at radius 2 is 1.97 bits per heavy atom. The zero-order valence-electron chi connectivity index (χ0n) is 18.2. The van der Waals surface area contributed by atoms with E-state index in [-0.39, 0.29) is 17.4 Å². The molecule has 1 heterocycles. The highest BCUT2D eigenvalue weighted by Gasteiger charge is 2.50. The Morgan fingerprint density at radius 1 is 1.23 bits per heavy atom. The first kappa shape index (κ1) is 20.6. The summed E-state index contributed by atoms with van der Waals surface area (Å²) in [4.78, 5) is 16.6. The number of amides is 1. The second-order valence-corrected chi connectivity index (χ2v) is 9.82. The van der Waals surface area contributed by atoms with E-state index in [2.05, 4.69) is 46.1 Å². The van der Waals surface area contributed by atoms with E-state index in [4.69, 9.17) is 15.2 Å². The van der Waals surface area contributed by atoms with Gasteiger partial charge in [-0.05, 0) is 57.4 Å². The van der Waals surface area contributed by atoms with Crippen molar-refractivity contribution in [2.24, 2.45) is 5.73 Å². The molecule has 0 saturated heterocycles. The number of benzene rings is 1. The van der Waals surface area contributed by atoms with Crippen molar-refractivity contribution in [3.8, 4) is 0 Å². The van der Waals surface area contributed by atoms with Gasteiger partial charge in [0.2, 0.25) is 11.8 Å². The zero-order chi connectivity index (χ0) is 21.4. The number of carbonyl (C=O) groups excluding carboxylic acids is 1. The van der Waals surface area contributed by atoms with Crippen molar-refractivity contribution in [3.05, 3.63) is 47.6 Å². The van der Waals surface area contributed by atoms with Crippen LogP contribution in [0, 0.1) is 0 Å². The van der Waals surface area contributed by atoms with E-state index < -0.39 is 6.04 Å². The summed E-state index contributed by atoms with van der Waals surface area (Å²) in [5, 5.41) is 11.2. The number of rotatable bonds is 8. The predicted molar refractivity (Wildman–Crippen MR) is 118 cm³/mol. The lowest BCUT2D eigenvalue weighted by atomic mass is 9.86. The minimum absolute atomic E-state index is 0.0496. The smallest absolute Gasteiger partial charge is 0.236 e. The summed E-state index contributed by atoms with van der Waals surface area (Å²) in [6.45, 7) is 2.64. The minimum Gasteiger partial charge on any atom is -0.352 e. The van der Waals surface area contributed by atoms with Gasteiger partial charge in [-0.25, -0.2) is 0 Å². The molecule has 3 saturated carbocycles. The number of nitrogens with zero attached hydrogens (tertiary/aromatic N) is 2. The van der Waals surface area contributed by atoms with E-state index in [1.54, 1.807) is 6.92 Å². The number of aromatic nitrogens is 2. The molecule has 3 atom stereocenters. The van der Waals surface area contributed by atoms with E-state index in [0.717, 1.165) is 56.8 Å². The molecule has 5 rings (SSSR count). The van der Waals surface area contributed by atoms with E-state index in [0.29, 0.717) is 17.9 Å². The average molecular weight is 424 g/mol. The van der Waals surface area contributed by atoms with Gasteiger partial charge >= 0.3 is 0 Å². The van der Waals surface area contributed by atoms with Gasteiger partial charge in [0.15, 0.2) is 5.82 Å². The molecule has 3 aliphatic rings. The lowest BCUT2D eigenvalue weighted by Gasteiger charge is -2.27. The summed E-state index contributed by atoms with van der Waals surface area (Å²) >= 11 is 0. The van der Waals surface area contributed by atoms with Gasteiger partial charge in [0, 0.05) is 35.9 Å². The maximum atomic E-state index is 11.8. The zero-order valence-corrected chi connectivity index (χ0v) is 18.2. The van der Waals surface area contributed by atoms with Crippen LogP contribution in [0.2, 0.25) is 0 Å². The maximum Gasteiger partial charge on any atom is 0.236 e. The van der Waals surface area contributed by atoms with Gasteiger partial charge in [0.05, 0.1) is 6.04 Å². The van der Waals surface area contributed by atoms with Crippen LogP contribution in [-0.2, 0) is 10.2 Å². The van der Waals surface area contributed by atoms with Crippen LogP contribution < -0.4 is 16.4 Å². The molecule has 166 valence electrons. The summed E-state index contributed by atoms with van der Waals surface area (Å²) in [5.74, 6) is 2.50. The van der Waals surface area contributed by atoms with E-state index in [1.807, 2.05) is 0 Å². The Kier molecular flexibility index (Phi) is 5.56. The highest BCUT2D eigenvalue weighted by atomic mass is 16.5. The molecule has 0 radical (unpaired) electrons. The molecule has 3 fully saturated rings. The Morgan fingerprint density at radius 3 is 2.65 bits per heavy atom. The van der Waals surface area contributed by atoms with Crippen molar-refractivity contribution in [1.29, 1.82) is 0 Å². The Hall–Kier alpha value is -2.25. The lowest BCUT2D eigenvalue weighted by molar-refractivity contribution is -0.122. The van der Waals surface area contributed by atoms with Crippen LogP contribution >= 0.6 is 0 Å². The normalized spacial score (nSPS) is 29.9. The molecule has 0 unspecified atom stereocenters. The predicted octanol–water partition coefficient (Wildman–Crippen LogP) is 2.74. The summed E-state index contributed by atoms with van der Waals surface area (Å²) in [5.41, 5.74) is 7.13. The molecule has 7 heteroatoms. The molecule has 31 heavy (non-hydrogen) atoms. The third-order valence-electron chi connectivity index (χ3n) is 7.33. The van der Waals surface area contributed by atoms with E-state index in [9.17, 15) is 4.79 Å². The van der Waals surface area contributed by atoms with E-state index >= 15 is 0 Å². The molecular weight excluding hydrogens is 390 g/mol. The van der Waals surface area contributed by atoms with Crippen LogP contribution in [0.4, 0.5) is 0 Å². The highest BCUT2D eigenvalue weighted by Crippen LogP contribution is 2.48. The number of hydrogen-bond acceptors (Lipinski definition) is 6. The molecule has 0 aliphatic heterocycles. The molecule has 2 aromatic rings. The van der Waals surface area contributed by atoms with Gasteiger partial charge in [0.1, 0.15) is 0 Å². The van der Waals surface area contributed by atoms with Crippen LogP contribution in [0.1, 0.15) is 81.0 Å². The van der Waals surface area contributed by atoms with Crippen LogP contribution in [0.3, 0.4) is 0 Å². The number of carbonyl (C=O) groups is 1. The topological polar surface area (TPSA) is 106 Å². The second-order valence-electron chi connectivity index (χ2n) is 9.82. The average Bonchev–Trinajstić information content (AvgIpc) is 3.70. The quantitative estimate of drug-likeness (QED) is 0.603. The van der Waals surface area contributed by atoms with Gasteiger partial charge in [-0.3, -0.25) is 4.79 Å². The fraction of sp³-hybridized carbons (Fsp3) is 0.625. The van der Waals surface area contributed by atoms with Crippen LogP contribution in [-0.4, -0.2) is 40.7 Å². The van der Waals surface area contributed by atoms with Crippen molar-refractivity contribution >= 4 is 5.91 Å². The first-order valence-electron chi connectivity index (χ1n) is 11.7. The van der Waals surface area contributed by atoms with Crippen LogP contribution in [0.25, 0.3) is 0 Å². The first-order valence-corrected chi connectivity index (χ1v) is 11.7. The number of nitrogens with one attached hydrogen (secondary N) is 2. The molecule has 3 aliphatic carbocycles. The van der Waals surface area contributed by atoms with Gasteiger partial charge in [0.25, 0.3) is 0 Å². The van der Waals surface area contributed by atoms with Crippen molar-refractivity contribution in [3.63, 3.8) is 0 Å². The summed E-state index contributed by atoms with van der Waals surface area (Å²) < 4.78 is 5.70.